The number of alkyl halides is 3. The number of piperidine rings is 1. The van der Waals surface area contributed by atoms with E-state index in [0.717, 1.165) is 31.9 Å². The Kier molecular flexibility index (Phi) is 7.90. The molecule has 2 heterocycles. The first-order valence-electron chi connectivity index (χ1n) is 9.99. The van der Waals surface area contributed by atoms with Crippen molar-refractivity contribution < 1.29 is 18.0 Å². The van der Waals surface area contributed by atoms with Gasteiger partial charge < -0.3 is 15.6 Å². The van der Waals surface area contributed by atoms with Crippen molar-refractivity contribution in [3.63, 3.8) is 0 Å². The van der Waals surface area contributed by atoms with E-state index >= 15 is 0 Å². The van der Waals surface area contributed by atoms with Crippen LogP contribution >= 0.6 is 24.8 Å². The van der Waals surface area contributed by atoms with Gasteiger partial charge in [0.2, 0.25) is 5.91 Å². The molecule has 2 saturated carbocycles. The molecule has 10 heteroatoms. The third-order valence-electron chi connectivity index (χ3n) is 6.86. The molecule has 0 radical (unpaired) electrons. The Morgan fingerprint density at radius 1 is 1.10 bits per heavy atom. The highest BCUT2D eigenvalue weighted by molar-refractivity contribution is 5.85. The van der Waals surface area contributed by atoms with Gasteiger partial charge in [0, 0.05) is 31.0 Å². The Balaban J connectivity index is 0.00000150. The van der Waals surface area contributed by atoms with Crippen LogP contribution in [0.1, 0.15) is 62.4 Å². The highest BCUT2D eigenvalue weighted by Crippen LogP contribution is 2.43. The van der Waals surface area contributed by atoms with Crippen molar-refractivity contribution in [2.75, 3.05) is 13.1 Å². The van der Waals surface area contributed by atoms with Crippen LogP contribution in [0.2, 0.25) is 0 Å². The van der Waals surface area contributed by atoms with Gasteiger partial charge in [0.25, 0.3) is 0 Å². The average Bonchev–Trinajstić information content (AvgIpc) is 3.11. The van der Waals surface area contributed by atoms with Gasteiger partial charge in [0.15, 0.2) is 0 Å². The van der Waals surface area contributed by atoms with E-state index in [1.165, 1.54) is 6.42 Å². The van der Waals surface area contributed by atoms with Gasteiger partial charge in [0.1, 0.15) is 11.5 Å². The van der Waals surface area contributed by atoms with Crippen LogP contribution in [0, 0.1) is 17.8 Å². The summed E-state index contributed by atoms with van der Waals surface area (Å²) in [6.45, 7) is 1.17. The summed E-state index contributed by atoms with van der Waals surface area (Å²) in [7, 11) is 0. The molecule has 2 aliphatic carbocycles. The molecule has 2 atom stereocenters. The third kappa shape index (κ3) is 5.02. The van der Waals surface area contributed by atoms with E-state index in [9.17, 15) is 18.0 Å². The maximum Gasteiger partial charge on any atom is 0.432 e. The summed E-state index contributed by atoms with van der Waals surface area (Å²) >= 11 is 0. The van der Waals surface area contributed by atoms with Crippen molar-refractivity contribution in [3.05, 3.63) is 17.7 Å². The van der Waals surface area contributed by atoms with Crippen LogP contribution in [0.5, 0.6) is 0 Å². The number of nitrogens with one attached hydrogen (secondary N) is 1. The number of H-pyrrole nitrogens is 1. The molecule has 2 bridgehead atoms. The van der Waals surface area contributed by atoms with Crippen molar-refractivity contribution >= 4 is 30.7 Å². The number of fused-ring (bicyclic) bond motifs is 2. The van der Waals surface area contributed by atoms with Gasteiger partial charge in [-0.2, -0.15) is 13.2 Å². The number of aromatic amines is 1. The van der Waals surface area contributed by atoms with Crippen molar-refractivity contribution in [2.45, 2.75) is 63.1 Å². The number of hydrogen-bond donors (Lipinski definition) is 2. The second kappa shape index (κ2) is 9.43. The number of aromatic nitrogens is 2. The minimum atomic E-state index is -4.40. The number of likely N-dealkylation sites (tertiary alicyclic amines) is 1. The number of carbonyl (C=O) groups excluding carboxylic acids is 1. The van der Waals surface area contributed by atoms with Gasteiger partial charge in [-0.3, -0.25) is 4.79 Å². The highest BCUT2D eigenvalue weighted by atomic mass is 35.5. The van der Waals surface area contributed by atoms with Crippen molar-refractivity contribution in [1.82, 2.24) is 14.9 Å². The Morgan fingerprint density at radius 2 is 1.69 bits per heavy atom. The van der Waals surface area contributed by atoms with Crippen LogP contribution in [-0.2, 0) is 11.0 Å². The molecule has 1 amide bonds. The van der Waals surface area contributed by atoms with Crippen LogP contribution in [-0.4, -0.2) is 39.9 Å². The zero-order chi connectivity index (χ0) is 19.2. The summed E-state index contributed by atoms with van der Waals surface area (Å²) in [5.41, 5.74) is 5.52. The Morgan fingerprint density at radius 3 is 2.21 bits per heavy atom. The number of hydrogen-bond acceptors (Lipinski definition) is 3. The second-order valence-electron chi connectivity index (χ2n) is 8.48. The normalized spacial score (nSPS) is 30.3. The molecule has 0 aromatic carbocycles. The summed E-state index contributed by atoms with van der Waals surface area (Å²) in [5.74, 6) is 1.54. The number of rotatable bonds is 2. The first-order valence-corrected chi connectivity index (χ1v) is 9.99. The number of carbonyl (C=O) groups is 1. The smallest absolute Gasteiger partial charge is 0.342 e. The molecule has 1 saturated heterocycles. The first kappa shape index (κ1) is 24.3. The van der Waals surface area contributed by atoms with Gasteiger partial charge in [0.05, 0.1) is 6.20 Å². The van der Waals surface area contributed by atoms with Crippen molar-refractivity contribution in [2.24, 2.45) is 23.5 Å². The summed E-state index contributed by atoms with van der Waals surface area (Å²) in [5, 5.41) is 0. The minimum absolute atomic E-state index is 0. The zero-order valence-corrected chi connectivity index (χ0v) is 17.8. The van der Waals surface area contributed by atoms with Gasteiger partial charge in [-0.05, 0) is 50.4 Å². The monoisotopic (exact) mass is 456 g/mol. The van der Waals surface area contributed by atoms with Crippen molar-refractivity contribution in [1.29, 1.82) is 0 Å². The van der Waals surface area contributed by atoms with Crippen molar-refractivity contribution in [3.8, 4) is 0 Å². The van der Waals surface area contributed by atoms with E-state index in [0.29, 0.717) is 43.6 Å². The summed E-state index contributed by atoms with van der Waals surface area (Å²) < 4.78 is 38.2. The Hall–Kier alpha value is -0.990. The molecule has 3 fully saturated rings. The summed E-state index contributed by atoms with van der Waals surface area (Å²) in [6.07, 6.45) is 3.02. The number of amides is 1. The highest BCUT2D eigenvalue weighted by Gasteiger charge is 2.42. The molecule has 1 aromatic heterocycles. The molecule has 5 nitrogen and oxygen atoms in total. The Labute approximate surface area is 181 Å². The lowest BCUT2D eigenvalue weighted by Crippen LogP contribution is -2.50. The van der Waals surface area contributed by atoms with E-state index in [4.69, 9.17) is 5.73 Å². The van der Waals surface area contributed by atoms with Gasteiger partial charge in [-0.1, -0.05) is 6.42 Å². The van der Waals surface area contributed by atoms with Crippen LogP contribution in [0.4, 0.5) is 13.2 Å². The fourth-order valence-electron chi connectivity index (χ4n) is 5.31. The maximum atomic E-state index is 13.0. The summed E-state index contributed by atoms with van der Waals surface area (Å²) in [6, 6.07) is 0.246. The fraction of sp³-hybridized carbons (Fsp3) is 0.789. The molecule has 3 aliphatic rings. The molecule has 1 aliphatic heterocycles. The molecule has 0 spiro atoms. The van der Waals surface area contributed by atoms with E-state index in [-0.39, 0.29) is 48.6 Å². The van der Waals surface area contributed by atoms with Crippen LogP contribution in [0.25, 0.3) is 0 Å². The van der Waals surface area contributed by atoms with Gasteiger partial charge in [-0.15, -0.1) is 24.8 Å². The fourth-order valence-corrected chi connectivity index (χ4v) is 5.31. The quantitative estimate of drug-likeness (QED) is 0.702. The Bertz CT molecular complexity index is 677. The number of nitrogens with two attached hydrogens (primary N) is 1. The van der Waals surface area contributed by atoms with Crippen LogP contribution in [0.15, 0.2) is 6.20 Å². The van der Waals surface area contributed by atoms with E-state index in [2.05, 4.69) is 9.97 Å². The molecule has 166 valence electrons. The molecule has 4 rings (SSSR count). The lowest BCUT2D eigenvalue weighted by molar-refractivity contribution is -0.141. The number of imidazole rings is 1. The molecule has 2 unspecified atom stereocenters. The lowest BCUT2D eigenvalue weighted by atomic mass is 9.65. The molecule has 3 N–H and O–H groups in total. The van der Waals surface area contributed by atoms with Crippen LogP contribution in [0.3, 0.4) is 0 Å². The average molecular weight is 457 g/mol. The van der Waals surface area contributed by atoms with Gasteiger partial charge >= 0.3 is 6.18 Å². The SMILES string of the molecule is Cl.Cl.NC1C2CCCC1CC(C(=O)N1CCC(c3ncc(C(F)(F)F)[nH]3)CC1)C2. The standard InChI is InChI=1S/C19H27F3N4O.2ClH/c20-19(21,22)15-10-24-17(25-15)11-4-6-26(7-5-11)18(27)14-8-12-2-1-3-13(9-14)16(12)23;;/h10-14,16H,1-9,23H2,(H,24,25);2*1H. The molecular weight excluding hydrogens is 428 g/mol. The maximum absolute atomic E-state index is 13.0. The zero-order valence-electron chi connectivity index (χ0n) is 16.2. The predicted octanol–water partition coefficient (Wildman–Crippen LogP) is 4.13. The van der Waals surface area contributed by atoms with E-state index in [1.54, 1.807) is 0 Å². The molecule has 1 aromatic rings. The third-order valence-corrected chi connectivity index (χ3v) is 6.86. The lowest BCUT2D eigenvalue weighted by Gasteiger charge is -2.45. The molecule has 29 heavy (non-hydrogen) atoms. The van der Waals surface area contributed by atoms with Gasteiger partial charge in [-0.25, -0.2) is 4.98 Å². The predicted molar refractivity (Wildman–Crippen MR) is 108 cm³/mol. The first-order chi connectivity index (χ1) is 12.8. The van der Waals surface area contributed by atoms with E-state index in [1.807, 2.05) is 4.90 Å². The molecular formula is C19H29Cl2F3N4O. The summed E-state index contributed by atoms with van der Waals surface area (Å²) in [4.78, 5) is 21.2. The van der Waals surface area contributed by atoms with E-state index < -0.39 is 11.9 Å². The van der Waals surface area contributed by atoms with Crippen LogP contribution < -0.4 is 5.73 Å². The topological polar surface area (TPSA) is 75.0 Å². The second-order valence-corrected chi connectivity index (χ2v) is 8.48. The number of halogens is 5. The minimum Gasteiger partial charge on any atom is -0.342 e. The number of nitrogens with zero attached hydrogens (tertiary/aromatic N) is 2. The largest absolute Gasteiger partial charge is 0.432 e.